The molecule has 2 atom stereocenters. The second-order valence-corrected chi connectivity index (χ2v) is 5.57. The molecule has 2 aliphatic heterocycles. The van der Waals surface area contributed by atoms with E-state index in [2.05, 4.69) is 0 Å². The summed E-state index contributed by atoms with van der Waals surface area (Å²) in [5.41, 5.74) is 0.619. The monoisotopic (exact) mass is 235 g/mol. The molecule has 2 unspecified atom stereocenters. The Bertz CT molecular complexity index is 489. The van der Waals surface area contributed by atoms with Gasteiger partial charge in [0.1, 0.15) is 23.2 Å². The maximum atomic E-state index is 11.9. The van der Waals surface area contributed by atoms with Crippen molar-refractivity contribution in [2.24, 2.45) is 0 Å². The molecule has 3 heterocycles. The van der Waals surface area contributed by atoms with Crippen molar-refractivity contribution in [3.05, 3.63) is 23.2 Å². The van der Waals surface area contributed by atoms with Crippen LogP contribution in [0, 0.1) is 6.92 Å². The number of cyclic esters (lactones) is 1. The minimum atomic E-state index is -0.489. The Morgan fingerprint density at radius 3 is 2.88 bits per heavy atom. The zero-order valence-electron chi connectivity index (χ0n) is 10.6. The van der Waals surface area contributed by atoms with Gasteiger partial charge in [-0.15, -0.1) is 0 Å². The Kier molecular flexibility index (Phi) is 1.92. The van der Waals surface area contributed by atoms with Crippen LogP contribution in [0.4, 0.5) is 4.79 Å². The first-order valence-electron chi connectivity index (χ1n) is 6.00. The van der Waals surface area contributed by atoms with Crippen LogP contribution in [0.2, 0.25) is 0 Å². The molecule has 0 spiro atoms. The third-order valence-electron chi connectivity index (χ3n) is 3.71. The van der Waals surface area contributed by atoms with Crippen LogP contribution in [-0.2, 0) is 11.2 Å². The van der Waals surface area contributed by atoms with Gasteiger partial charge >= 0.3 is 6.09 Å². The number of nitrogens with zero attached hydrogens (tertiary/aromatic N) is 1. The van der Waals surface area contributed by atoms with E-state index in [4.69, 9.17) is 9.15 Å². The first-order valence-corrected chi connectivity index (χ1v) is 6.00. The molecule has 0 radical (unpaired) electrons. The van der Waals surface area contributed by atoms with Gasteiger partial charge in [-0.2, -0.15) is 0 Å². The van der Waals surface area contributed by atoms with Crippen molar-refractivity contribution in [1.29, 1.82) is 0 Å². The van der Waals surface area contributed by atoms with Crippen molar-refractivity contribution in [3.63, 3.8) is 0 Å². The molecule has 0 aromatic carbocycles. The first kappa shape index (κ1) is 10.7. The first-order chi connectivity index (χ1) is 7.90. The van der Waals surface area contributed by atoms with Gasteiger partial charge in [-0.3, -0.25) is 4.90 Å². The van der Waals surface area contributed by atoms with Crippen molar-refractivity contribution in [2.45, 2.75) is 51.8 Å². The fourth-order valence-electron chi connectivity index (χ4n) is 3.07. The highest BCUT2D eigenvalue weighted by molar-refractivity contribution is 5.73. The third kappa shape index (κ3) is 1.33. The lowest BCUT2D eigenvalue weighted by Gasteiger charge is -2.36. The number of ether oxygens (including phenoxy) is 1. The molecule has 0 bridgehead atoms. The Morgan fingerprint density at radius 1 is 1.47 bits per heavy atom. The summed E-state index contributed by atoms with van der Waals surface area (Å²) in [7, 11) is 0. The average Bonchev–Trinajstić information content (AvgIpc) is 2.64. The molecule has 0 N–H and O–H groups in total. The van der Waals surface area contributed by atoms with Crippen molar-refractivity contribution >= 4 is 6.09 Å². The molecule has 1 aromatic rings. The summed E-state index contributed by atoms with van der Waals surface area (Å²) in [5.74, 6) is 1.90. The molecule has 0 saturated carbocycles. The van der Waals surface area contributed by atoms with Gasteiger partial charge in [0.2, 0.25) is 0 Å². The minimum Gasteiger partial charge on any atom is -0.466 e. The quantitative estimate of drug-likeness (QED) is 0.694. The van der Waals surface area contributed by atoms with Gasteiger partial charge in [-0.05, 0) is 33.8 Å². The Hall–Kier alpha value is -1.45. The van der Waals surface area contributed by atoms with Gasteiger partial charge in [0.05, 0.1) is 0 Å². The number of furan rings is 1. The number of rotatable bonds is 0. The van der Waals surface area contributed by atoms with Crippen LogP contribution in [0.15, 0.2) is 10.5 Å². The van der Waals surface area contributed by atoms with Crippen LogP contribution in [0.25, 0.3) is 0 Å². The number of carbonyl (C=O) groups is 1. The SMILES string of the molecule is Cc1cc2c(o1)CC(C)N1C(=O)OC(C)(C)C21. The van der Waals surface area contributed by atoms with Gasteiger partial charge in [-0.1, -0.05) is 0 Å². The van der Waals surface area contributed by atoms with E-state index in [9.17, 15) is 4.79 Å². The summed E-state index contributed by atoms with van der Waals surface area (Å²) < 4.78 is 11.2. The summed E-state index contributed by atoms with van der Waals surface area (Å²) in [6, 6.07) is 2.14. The van der Waals surface area contributed by atoms with E-state index in [1.165, 1.54) is 0 Å². The molecular weight excluding hydrogens is 218 g/mol. The van der Waals surface area contributed by atoms with Crippen LogP contribution in [0.5, 0.6) is 0 Å². The smallest absolute Gasteiger partial charge is 0.411 e. The Labute approximate surface area is 101 Å². The van der Waals surface area contributed by atoms with Crippen molar-refractivity contribution in [1.82, 2.24) is 4.90 Å². The number of hydrogen-bond donors (Lipinski definition) is 0. The van der Waals surface area contributed by atoms with E-state index in [1.54, 1.807) is 0 Å². The van der Waals surface area contributed by atoms with Crippen LogP contribution >= 0.6 is 0 Å². The molecule has 4 nitrogen and oxygen atoms in total. The summed E-state index contributed by atoms with van der Waals surface area (Å²) in [6.07, 6.45) is 0.558. The lowest BCUT2D eigenvalue weighted by molar-refractivity contribution is 0.0650. The highest BCUT2D eigenvalue weighted by Crippen LogP contribution is 2.47. The number of hydrogen-bond acceptors (Lipinski definition) is 3. The number of fused-ring (bicyclic) bond motifs is 3. The normalized spacial score (nSPS) is 29.9. The van der Waals surface area contributed by atoms with Gasteiger partial charge < -0.3 is 9.15 Å². The van der Waals surface area contributed by atoms with E-state index in [1.807, 2.05) is 38.7 Å². The summed E-state index contributed by atoms with van der Waals surface area (Å²) in [6.45, 7) is 7.90. The van der Waals surface area contributed by atoms with E-state index in [0.29, 0.717) is 0 Å². The number of aryl methyl sites for hydroxylation is 1. The van der Waals surface area contributed by atoms with Gasteiger partial charge in [0, 0.05) is 18.0 Å². The standard InChI is InChI=1S/C13H17NO3/c1-7-5-10-9(6-8(2)16-10)11-13(3,4)17-12(15)14(7)11/h6-7,11H,5H2,1-4H3. The number of amides is 1. The van der Waals surface area contributed by atoms with Crippen molar-refractivity contribution < 1.29 is 13.9 Å². The predicted molar refractivity (Wildman–Crippen MR) is 61.8 cm³/mol. The highest BCUT2D eigenvalue weighted by Gasteiger charge is 2.53. The third-order valence-corrected chi connectivity index (χ3v) is 3.71. The van der Waals surface area contributed by atoms with E-state index >= 15 is 0 Å². The highest BCUT2D eigenvalue weighted by atomic mass is 16.6. The molecule has 2 aliphatic rings. The topological polar surface area (TPSA) is 42.7 Å². The minimum absolute atomic E-state index is 0.0220. The van der Waals surface area contributed by atoms with E-state index in [-0.39, 0.29) is 18.2 Å². The molecule has 1 fully saturated rings. The number of carbonyl (C=O) groups excluding carboxylic acids is 1. The molecule has 1 aromatic heterocycles. The maximum absolute atomic E-state index is 11.9. The molecular formula is C13H17NO3. The van der Waals surface area contributed by atoms with Crippen LogP contribution < -0.4 is 0 Å². The fraction of sp³-hybridized carbons (Fsp3) is 0.615. The zero-order chi connectivity index (χ0) is 12.4. The van der Waals surface area contributed by atoms with Crippen molar-refractivity contribution in [3.8, 4) is 0 Å². The summed E-state index contributed by atoms with van der Waals surface area (Å²) in [5, 5.41) is 0. The molecule has 92 valence electrons. The van der Waals surface area contributed by atoms with Gasteiger partial charge in [0.25, 0.3) is 0 Å². The fourth-order valence-corrected chi connectivity index (χ4v) is 3.07. The van der Waals surface area contributed by atoms with Crippen LogP contribution in [0.1, 0.15) is 43.9 Å². The van der Waals surface area contributed by atoms with E-state index < -0.39 is 5.60 Å². The molecule has 3 rings (SSSR count). The summed E-state index contributed by atoms with van der Waals surface area (Å²) in [4.78, 5) is 13.8. The average molecular weight is 235 g/mol. The molecule has 17 heavy (non-hydrogen) atoms. The Balaban J connectivity index is 2.16. The maximum Gasteiger partial charge on any atom is 0.411 e. The predicted octanol–water partition coefficient (Wildman–Crippen LogP) is 2.80. The van der Waals surface area contributed by atoms with E-state index in [0.717, 1.165) is 23.5 Å². The Morgan fingerprint density at radius 2 is 2.18 bits per heavy atom. The second kappa shape index (κ2) is 3.06. The van der Waals surface area contributed by atoms with Gasteiger partial charge in [0.15, 0.2) is 0 Å². The largest absolute Gasteiger partial charge is 0.466 e. The van der Waals surface area contributed by atoms with Crippen molar-refractivity contribution in [2.75, 3.05) is 0 Å². The van der Waals surface area contributed by atoms with Crippen LogP contribution in [0.3, 0.4) is 0 Å². The molecule has 0 aliphatic carbocycles. The lowest BCUT2D eigenvalue weighted by atomic mass is 9.86. The molecule has 1 saturated heterocycles. The lowest BCUT2D eigenvalue weighted by Crippen LogP contribution is -2.43. The molecule has 1 amide bonds. The van der Waals surface area contributed by atoms with Gasteiger partial charge in [-0.25, -0.2) is 4.79 Å². The molecule has 4 heteroatoms. The zero-order valence-corrected chi connectivity index (χ0v) is 10.6. The van der Waals surface area contributed by atoms with Crippen LogP contribution in [-0.4, -0.2) is 22.6 Å². The summed E-state index contributed by atoms with van der Waals surface area (Å²) >= 11 is 0. The second-order valence-electron chi connectivity index (χ2n) is 5.57.